The molecule has 6 heteroatoms. The number of nitrogens with zero attached hydrogens (tertiary/aromatic N) is 4. The van der Waals surface area contributed by atoms with Crippen LogP contribution in [0.15, 0.2) is 166 Å². The van der Waals surface area contributed by atoms with Gasteiger partial charge < -0.3 is 10.2 Å². The quantitative estimate of drug-likeness (QED) is 0.191. The van der Waals surface area contributed by atoms with Gasteiger partial charge in [-0.3, -0.25) is 20.0 Å². The van der Waals surface area contributed by atoms with Crippen LogP contribution in [-0.2, 0) is 0 Å². The Labute approximate surface area is 317 Å². The van der Waals surface area contributed by atoms with Gasteiger partial charge in [-0.15, -0.1) is 0 Å². The molecule has 0 aromatic heterocycles. The van der Waals surface area contributed by atoms with Crippen LogP contribution in [0.4, 0.5) is 0 Å². The van der Waals surface area contributed by atoms with Gasteiger partial charge in [0, 0.05) is 70.7 Å². The lowest BCUT2D eigenvalue weighted by Gasteiger charge is -2.17. The smallest absolute Gasteiger partial charge is 0.134 e. The minimum atomic E-state index is 0.151. The lowest BCUT2D eigenvalue weighted by molar-refractivity contribution is 0.472. The predicted octanol–water partition coefficient (Wildman–Crippen LogP) is 9.56. The van der Waals surface area contributed by atoms with Crippen LogP contribution >= 0.6 is 0 Å². The Hall–Kier alpha value is -6.40. The van der Waals surface area contributed by atoms with E-state index in [0.29, 0.717) is 61.3 Å². The summed E-state index contributed by atoms with van der Waals surface area (Å²) in [6, 6.07) is 48.1. The number of aromatic hydroxyl groups is 2. The van der Waals surface area contributed by atoms with Gasteiger partial charge in [0.2, 0.25) is 0 Å². The molecule has 0 unspecified atom stereocenters. The lowest BCUT2D eigenvalue weighted by Crippen LogP contribution is -2.12. The predicted molar refractivity (Wildman–Crippen MR) is 223 cm³/mol. The molecule has 7 rings (SSSR count). The lowest BCUT2D eigenvalue weighted by atomic mass is 9.92. The fourth-order valence-corrected chi connectivity index (χ4v) is 6.90. The molecule has 1 aliphatic heterocycles. The second-order valence-electron chi connectivity index (χ2n) is 13.5. The molecule has 6 aromatic carbocycles. The van der Waals surface area contributed by atoms with Gasteiger partial charge in [0.15, 0.2) is 0 Å². The summed E-state index contributed by atoms with van der Waals surface area (Å²) in [6.45, 7) is 6.01. The van der Waals surface area contributed by atoms with Crippen LogP contribution < -0.4 is 0 Å². The van der Waals surface area contributed by atoms with E-state index in [1.54, 1.807) is 0 Å². The molecule has 0 aliphatic carbocycles. The van der Waals surface area contributed by atoms with E-state index in [4.69, 9.17) is 20.0 Å². The number of phenolic OH excluding ortho intramolecular Hbond substituents is 2. The first-order valence-corrected chi connectivity index (χ1v) is 18.6. The average Bonchev–Trinajstić information content (AvgIpc) is 3.20. The Morgan fingerprint density at radius 2 is 0.574 bits per heavy atom. The topological polar surface area (TPSA) is 89.9 Å². The SMILES string of the molecule is Cc1cc2c(O)c(c1)C(c1ccccc1)=NCCCN=C(c1ccccc1)c1cc(C)cc(c1O)C(c1ccccc1)=NCCCN=C2c1ccccc1. The van der Waals surface area contributed by atoms with Gasteiger partial charge in [-0.2, -0.15) is 0 Å². The highest BCUT2D eigenvalue weighted by Crippen LogP contribution is 2.32. The Balaban J connectivity index is 1.41. The molecule has 0 fully saturated rings. The number of rotatable bonds is 4. The van der Waals surface area contributed by atoms with Crippen LogP contribution in [0, 0.1) is 13.8 Å². The molecule has 268 valence electrons. The monoisotopic (exact) mass is 708 g/mol. The molecular formula is C48H44N4O2. The largest absolute Gasteiger partial charge is 0.507 e. The normalized spacial score (nSPS) is 14.3. The Kier molecular flexibility index (Phi) is 11.3. The van der Waals surface area contributed by atoms with Crippen LogP contribution in [0.1, 0.15) is 68.5 Å². The van der Waals surface area contributed by atoms with Crippen molar-refractivity contribution in [1.82, 2.24) is 0 Å². The van der Waals surface area contributed by atoms with Gasteiger partial charge in [0.25, 0.3) is 0 Å². The second kappa shape index (κ2) is 17.0. The maximum Gasteiger partial charge on any atom is 0.134 e. The molecule has 0 saturated heterocycles. The summed E-state index contributed by atoms with van der Waals surface area (Å²) in [5, 5.41) is 24.2. The van der Waals surface area contributed by atoms with Crippen molar-refractivity contribution >= 4 is 22.8 Å². The molecule has 0 spiro atoms. The number of aliphatic imine (C=N–C) groups is 4. The summed E-state index contributed by atoms with van der Waals surface area (Å²) in [7, 11) is 0. The van der Waals surface area contributed by atoms with Gasteiger partial charge in [-0.1, -0.05) is 121 Å². The number of benzene rings is 6. The molecule has 54 heavy (non-hydrogen) atoms. The highest BCUT2D eigenvalue weighted by molar-refractivity contribution is 6.21. The van der Waals surface area contributed by atoms with Crippen LogP contribution in [0.25, 0.3) is 0 Å². The third-order valence-corrected chi connectivity index (χ3v) is 9.43. The van der Waals surface area contributed by atoms with Gasteiger partial charge in [0.1, 0.15) is 11.5 Å². The molecule has 1 heterocycles. The number of fused-ring (bicyclic) bond motifs is 4. The summed E-state index contributed by atoms with van der Waals surface area (Å²) in [6.07, 6.45) is 1.30. The van der Waals surface area contributed by atoms with Crippen molar-refractivity contribution in [2.45, 2.75) is 26.7 Å². The molecular weight excluding hydrogens is 665 g/mol. The molecule has 4 bridgehead atoms. The summed E-state index contributed by atoms with van der Waals surface area (Å²) in [4.78, 5) is 20.6. The van der Waals surface area contributed by atoms with Crippen LogP contribution in [-0.4, -0.2) is 59.2 Å². The van der Waals surface area contributed by atoms with Crippen molar-refractivity contribution in [3.05, 3.63) is 201 Å². The third-order valence-electron chi connectivity index (χ3n) is 9.43. The fourth-order valence-electron chi connectivity index (χ4n) is 6.90. The molecule has 6 nitrogen and oxygen atoms in total. The van der Waals surface area contributed by atoms with E-state index in [9.17, 15) is 10.2 Å². The third kappa shape index (κ3) is 8.13. The Morgan fingerprint density at radius 3 is 0.796 bits per heavy atom. The minimum Gasteiger partial charge on any atom is -0.507 e. The first-order chi connectivity index (χ1) is 26.5. The van der Waals surface area contributed by atoms with Crippen molar-refractivity contribution in [3.63, 3.8) is 0 Å². The van der Waals surface area contributed by atoms with Crippen molar-refractivity contribution < 1.29 is 10.2 Å². The van der Waals surface area contributed by atoms with E-state index in [0.717, 1.165) is 56.2 Å². The van der Waals surface area contributed by atoms with Crippen LogP contribution in [0.2, 0.25) is 0 Å². The summed E-state index contributed by atoms with van der Waals surface area (Å²) < 4.78 is 0. The van der Waals surface area contributed by atoms with E-state index >= 15 is 0 Å². The molecule has 6 aromatic rings. The van der Waals surface area contributed by atoms with Gasteiger partial charge in [0.05, 0.1) is 22.8 Å². The molecule has 1 aliphatic rings. The Morgan fingerprint density at radius 1 is 0.352 bits per heavy atom. The number of hydrogen-bond donors (Lipinski definition) is 2. The first-order valence-electron chi connectivity index (χ1n) is 18.6. The zero-order valence-electron chi connectivity index (χ0n) is 30.8. The van der Waals surface area contributed by atoms with Crippen molar-refractivity contribution in [1.29, 1.82) is 0 Å². The van der Waals surface area contributed by atoms with Gasteiger partial charge in [-0.05, 0) is 62.1 Å². The maximum absolute atomic E-state index is 12.1. The van der Waals surface area contributed by atoms with E-state index in [2.05, 4.69) is 0 Å². The van der Waals surface area contributed by atoms with E-state index in [1.165, 1.54) is 0 Å². The van der Waals surface area contributed by atoms with E-state index in [1.807, 2.05) is 159 Å². The van der Waals surface area contributed by atoms with Crippen molar-refractivity contribution in [2.24, 2.45) is 20.0 Å². The Bertz CT molecular complexity index is 2020. The van der Waals surface area contributed by atoms with Crippen LogP contribution in [0.5, 0.6) is 11.5 Å². The summed E-state index contributed by atoms with van der Waals surface area (Å²) in [5.74, 6) is 0.302. The second-order valence-corrected chi connectivity index (χ2v) is 13.5. The molecule has 0 atom stereocenters. The van der Waals surface area contributed by atoms with Crippen molar-refractivity contribution in [2.75, 3.05) is 26.2 Å². The standard InChI is InChI=1S/C48H44N4O2/c1-33-29-39-43(35-17-7-3-8-18-35)49-25-15-27-51-45(37-21-11-5-12-22-37)41-31-34(2)32-42(48(41)54)46(38-23-13-6-14-24-38)52-28-16-26-50-44(40(30-33)47(39)53)36-19-9-4-10-20-36/h3-14,17-24,29-32,53-54H,15-16,25-28H2,1-2H3. The highest BCUT2D eigenvalue weighted by atomic mass is 16.3. The minimum absolute atomic E-state index is 0.151. The van der Waals surface area contributed by atoms with E-state index < -0.39 is 0 Å². The number of aryl methyl sites for hydroxylation is 2. The molecule has 2 N–H and O–H groups in total. The number of hydrogen-bond acceptors (Lipinski definition) is 6. The molecule has 0 radical (unpaired) electrons. The van der Waals surface area contributed by atoms with Crippen LogP contribution in [0.3, 0.4) is 0 Å². The van der Waals surface area contributed by atoms with Crippen molar-refractivity contribution in [3.8, 4) is 11.5 Å². The number of phenols is 2. The zero-order chi connectivity index (χ0) is 37.3. The summed E-state index contributed by atoms with van der Waals surface area (Å²) >= 11 is 0. The average molecular weight is 709 g/mol. The maximum atomic E-state index is 12.1. The summed E-state index contributed by atoms with van der Waals surface area (Å²) in [5.41, 5.74) is 11.2. The zero-order valence-corrected chi connectivity index (χ0v) is 30.8. The van der Waals surface area contributed by atoms with Gasteiger partial charge >= 0.3 is 0 Å². The molecule has 0 saturated carbocycles. The first kappa shape index (κ1) is 36.0. The fraction of sp³-hybridized carbons (Fsp3) is 0.167. The highest BCUT2D eigenvalue weighted by Gasteiger charge is 2.22. The van der Waals surface area contributed by atoms with Gasteiger partial charge in [-0.25, -0.2) is 0 Å². The van der Waals surface area contributed by atoms with E-state index in [-0.39, 0.29) is 11.5 Å². The molecule has 0 amide bonds.